The first kappa shape index (κ1) is 17.4. The number of nitrogens with zero attached hydrogens (tertiary/aromatic N) is 1. The van der Waals surface area contributed by atoms with Gasteiger partial charge in [0, 0.05) is 34.6 Å². The zero-order valence-electron chi connectivity index (χ0n) is 12.5. The number of thiophene rings is 1. The molecule has 0 spiro atoms. The van der Waals surface area contributed by atoms with Crippen LogP contribution in [-0.4, -0.2) is 43.4 Å². The van der Waals surface area contributed by atoms with Crippen LogP contribution in [0.15, 0.2) is 27.2 Å². The number of carbonyl (C=O) groups excluding carboxylic acids is 1. The zero-order valence-corrected chi connectivity index (χ0v) is 15.7. The number of esters is 1. The molecule has 0 radical (unpaired) electrons. The molecule has 0 saturated carbocycles. The highest BCUT2D eigenvalue weighted by molar-refractivity contribution is 9.10. The average Bonchev–Trinajstić information content (AvgIpc) is 2.91. The summed E-state index contributed by atoms with van der Waals surface area (Å²) in [6.45, 7) is 2.46. The molecule has 0 unspecified atom stereocenters. The van der Waals surface area contributed by atoms with Crippen molar-refractivity contribution >= 4 is 50.6 Å². The maximum atomic E-state index is 12.5. The van der Waals surface area contributed by atoms with E-state index in [1.165, 1.54) is 0 Å². The van der Waals surface area contributed by atoms with Gasteiger partial charge in [0.2, 0.25) is 0 Å². The largest absolute Gasteiger partial charge is 0.460 e. The maximum Gasteiger partial charge on any atom is 0.338 e. The first-order valence-electron chi connectivity index (χ1n) is 6.60. The lowest BCUT2D eigenvalue weighted by Crippen LogP contribution is -2.45. The van der Waals surface area contributed by atoms with Crippen LogP contribution in [0.3, 0.4) is 0 Å². The number of carbonyl (C=O) groups is 1. The summed E-state index contributed by atoms with van der Waals surface area (Å²) < 4.78 is 11.2. The number of thiocarbonyl (C=S) groups is 1. The number of hydrogen-bond donors (Lipinski definition) is 1. The smallest absolute Gasteiger partial charge is 0.338 e. The van der Waals surface area contributed by atoms with Crippen LogP contribution >= 0.6 is 39.5 Å². The molecule has 2 heterocycles. The lowest BCUT2D eigenvalue weighted by Gasteiger charge is -2.34. The van der Waals surface area contributed by atoms with E-state index in [1.54, 1.807) is 23.3 Å². The predicted octanol–water partition coefficient (Wildman–Crippen LogP) is 2.84. The first-order valence-corrected chi connectivity index (χ1v) is 8.68. The molecule has 22 heavy (non-hydrogen) atoms. The average molecular weight is 405 g/mol. The van der Waals surface area contributed by atoms with Crippen LogP contribution in [-0.2, 0) is 14.3 Å². The number of allylic oxidation sites excluding steroid dienone is 1. The number of ether oxygens (including phenoxy) is 2. The van der Waals surface area contributed by atoms with E-state index >= 15 is 0 Å². The summed E-state index contributed by atoms with van der Waals surface area (Å²) in [5.74, 6) is -0.356. The van der Waals surface area contributed by atoms with Gasteiger partial charge < -0.3 is 19.7 Å². The second-order valence-corrected chi connectivity index (χ2v) is 6.98. The van der Waals surface area contributed by atoms with Gasteiger partial charge in [-0.1, -0.05) is 0 Å². The molecular formula is C14H17BrN2O3S2. The molecule has 0 bridgehead atoms. The van der Waals surface area contributed by atoms with Crippen LogP contribution in [0, 0.1) is 0 Å². The highest BCUT2D eigenvalue weighted by Gasteiger charge is 2.34. The Morgan fingerprint density at radius 3 is 2.86 bits per heavy atom. The number of rotatable bonds is 5. The normalized spacial score (nSPS) is 18.5. The minimum absolute atomic E-state index is 0.223. The van der Waals surface area contributed by atoms with Gasteiger partial charge in [-0.05, 0) is 41.1 Å². The van der Waals surface area contributed by atoms with Gasteiger partial charge >= 0.3 is 5.97 Å². The SMILES string of the molecule is COCCOC(=O)C1=C(C)N(C)C(=S)N[C@H]1c1cc(Br)cs1. The van der Waals surface area contributed by atoms with Gasteiger partial charge in [-0.15, -0.1) is 11.3 Å². The quantitative estimate of drug-likeness (QED) is 0.462. The lowest BCUT2D eigenvalue weighted by molar-refractivity contribution is -0.140. The van der Waals surface area contributed by atoms with Gasteiger partial charge in [-0.3, -0.25) is 0 Å². The summed E-state index contributed by atoms with van der Waals surface area (Å²) >= 11 is 10.3. The van der Waals surface area contributed by atoms with Crippen molar-refractivity contribution in [1.82, 2.24) is 10.2 Å². The topological polar surface area (TPSA) is 50.8 Å². The minimum atomic E-state index is -0.356. The number of halogens is 1. The molecule has 8 heteroatoms. The molecule has 1 aromatic rings. The van der Waals surface area contributed by atoms with Gasteiger partial charge in [-0.25, -0.2) is 4.79 Å². The number of nitrogens with one attached hydrogen (secondary N) is 1. The molecule has 1 N–H and O–H groups in total. The predicted molar refractivity (Wildman–Crippen MR) is 93.8 cm³/mol. The summed E-state index contributed by atoms with van der Waals surface area (Å²) in [6.07, 6.45) is 0. The molecule has 5 nitrogen and oxygen atoms in total. The van der Waals surface area contributed by atoms with E-state index in [-0.39, 0.29) is 18.6 Å². The van der Waals surface area contributed by atoms with Crippen molar-refractivity contribution in [1.29, 1.82) is 0 Å². The second-order valence-electron chi connectivity index (χ2n) is 4.74. The third-order valence-corrected chi connectivity index (χ3v) is 5.52. The maximum absolute atomic E-state index is 12.5. The van der Waals surface area contributed by atoms with E-state index in [2.05, 4.69) is 21.2 Å². The Morgan fingerprint density at radius 2 is 2.27 bits per heavy atom. The fourth-order valence-corrected chi connectivity index (χ4v) is 3.85. The van der Waals surface area contributed by atoms with E-state index < -0.39 is 0 Å². The third kappa shape index (κ3) is 3.68. The first-order chi connectivity index (χ1) is 10.5. The summed E-state index contributed by atoms with van der Waals surface area (Å²) in [5, 5.41) is 5.76. The Morgan fingerprint density at radius 1 is 1.55 bits per heavy atom. The minimum Gasteiger partial charge on any atom is -0.460 e. The summed E-state index contributed by atoms with van der Waals surface area (Å²) in [4.78, 5) is 15.3. The second kappa shape index (κ2) is 7.54. The molecule has 1 aliphatic heterocycles. The molecule has 1 atom stereocenters. The Bertz CT molecular complexity index is 615. The van der Waals surface area contributed by atoms with Gasteiger partial charge in [-0.2, -0.15) is 0 Å². The van der Waals surface area contributed by atoms with Crippen molar-refractivity contribution in [3.8, 4) is 0 Å². The van der Waals surface area contributed by atoms with Crippen molar-refractivity contribution < 1.29 is 14.3 Å². The molecule has 0 amide bonds. The fraction of sp³-hybridized carbons (Fsp3) is 0.429. The van der Waals surface area contributed by atoms with Crippen LogP contribution in [0.1, 0.15) is 17.8 Å². The van der Waals surface area contributed by atoms with Gasteiger partial charge in [0.05, 0.1) is 18.2 Å². The molecule has 0 saturated heterocycles. The van der Waals surface area contributed by atoms with Crippen molar-refractivity contribution in [2.75, 3.05) is 27.4 Å². The zero-order chi connectivity index (χ0) is 16.3. The molecular weight excluding hydrogens is 388 g/mol. The lowest BCUT2D eigenvalue weighted by atomic mass is 10.0. The van der Waals surface area contributed by atoms with E-state index in [0.29, 0.717) is 17.3 Å². The Kier molecular flexibility index (Phi) is 5.96. The van der Waals surface area contributed by atoms with Crippen molar-refractivity contribution in [2.45, 2.75) is 13.0 Å². The Hall–Kier alpha value is -0.960. The summed E-state index contributed by atoms with van der Waals surface area (Å²) in [6, 6.07) is 1.68. The third-order valence-electron chi connectivity index (χ3n) is 3.37. The molecule has 0 fully saturated rings. The van der Waals surface area contributed by atoms with Crippen LogP contribution in [0.5, 0.6) is 0 Å². The molecule has 1 aliphatic rings. The molecule has 0 aliphatic carbocycles. The monoisotopic (exact) mass is 404 g/mol. The van der Waals surface area contributed by atoms with Crippen LogP contribution in [0.25, 0.3) is 0 Å². The van der Waals surface area contributed by atoms with Gasteiger partial charge in [0.15, 0.2) is 5.11 Å². The number of hydrogen-bond acceptors (Lipinski definition) is 5. The standard InChI is InChI=1S/C14H17BrN2O3S2/c1-8-11(13(18)20-5-4-19-3)12(16-14(21)17(8)2)10-6-9(15)7-22-10/h6-7,12H,4-5H2,1-3H3,(H,16,21)/t12-/m0/s1. The van der Waals surface area contributed by atoms with E-state index in [4.69, 9.17) is 21.7 Å². The number of methoxy groups -OCH3 is 1. The highest BCUT2D eigenvalue weighted by Crippen LogP contribution is 2.35. The van der Waals surface area contributed by atoms with E-state index in [9.17, 15) is 4.79 Å². The van der Waals surface area contributed by atoms with Crippen LogP contribution in [0.2, 0.25) is 0 Å². The van der Waals surface area contributed by atoms with Crippen molar-refractivity contribution in [3.63, 3.8) is 0 Å². The van der Waals surface area contributed by atoms with E-state index in [1.807, 2.05) is 25.4 Å². The van der Waals surface area contributed by atoms with Gasteiger partial charge in [0.1, 0.15) is 6.61 Å². The molecule has 120 valence electrons. The Balaban J connectivity index is 2.33. The van der Waals surface area contributed by atoms with Crippen LogP contribution in [0.4, 0.5) is 0 Å². The van der Waals surface area contributed by atoms with Crippen molar-refractivity contribution in [3.05, 3.63) is 32.1 Å². The van der Waals surface area contributed by atoms with Crippen LogP contribution < -0.4 is 5.32 Å². The van der Waals surface area contributed by atoms with Gasteiger partial charge in [0.25, 0.3) is 0 Å². The fourth-order valence-electron chi connectivity index (χ4n) is 2.09. The summed E-state index contributed by atoms with van der Waals surface area (Å²) in [5.41, 5.74) is 1.36. The Labute approximate surface area is 147 Å². The summed E-state index contributed by atoms with van der Waals surface area (Å²) in [7, 11) is 3.40. The molecule has 2 rings (SSSR count). The highest BCUT2D eigenvalue weighted by atomic mass is 79.9. The van der Waals surface area contributed by atoms with Crippen molar-refractivity contribution in [2.24, 2.45) is 0 Å². The van der Waals surface area contributed by atoms with E-state index in [0.717, 1.165) is 15.0 Å². The molecule has 0 aromatic carbocycles. The molecule has 1 aromatic heterocycles.